The molecular formula is C16H11N3O4. The summed E-state index contributed by atoms with van der Waals surface area (Å²) in [6.07, 6.45) is 0. The van der Waals surface area contributed by atoms with Crippen molar-refractivity contribution in [3.05, 3.63) is 80.9 Å². The molecule has 0 spiro atoms. The molecule has 3 rings (SSSR count). The normalized spacial score (nSPS) is 10.4. The second-order valence-electron chi connectivity index (χ2n) is 4.90. The summed E-state index contributed by atoms with van der Waals surface area (Å²) in [5.74, 6) is 0. The van der Waals surface area contributed by atoms with Crippen LogP contribution >= 0.6 is 0 Å². The molecule has 0 aliphatic heterocycles. The molecule has 0 fully saturated rings. The van der Waals surface area contributed by atoms with E-state index < -0.39 is 9.85 Å². The number of hydrogen-bond donors (Lipinski definition) is 1. The third kappa shape index (κ3) is 2.93. The Hall–Kier alpha value is -3.48. The SMILES string of the molecule is O=[N+]([O-])c1cccc(-c2ccc(-c3cccc([N+](=O)[O-])c3)[nH]2)c1. The van der Waals surface area contributed by atoms with Gasteiger partial charge in [-0.2, -0.15) is 0 Å². The predicted octanol–water partition coefficient (Wildman–Crippen LogP) is 4.17. The summed E-state index contributed by atoms with van der Waals surface area (Å²) in [4.78, 5) is 23.9. The van der Waals surface area contributed by atoms with Gasteiger partial charge in [0.05, 0.1) is 9.85 Å². The van der Waals surface area contributed by atoms with Crippen LogP contribution in [0.3, 0.4) is 0 Å². The largest absolute Gasteiger partial charge is 0.355 e. The quantitative estimate of drug-likeness (QED) is 0.577. The van der Waals surface area contributed by atoms with Crippen molar-refractivity contribution in [3.63, 3.8) is 0 Å². The molecule has 0 atom stereocenters. The molecule has 0 saturated heterocycles. The lowest BCUT2D eigenvalue weighted by Gasteiger charge is -2.00. The Morgan fingerprint density at radius 3 is 1.52 bits per heavy atom. The fourth-order valence-corrected chi connectivity index (χ4v) is 2.31. The molecule has 1 N–H and O–H groups in total. The van der Waals surface area contributed by atoms with Gasteiger partial charge in [-0.05, 0) is 12.1 Å². The van der Waals surface area contributed by atoms with Crippen LogP contribution in [0.25, 0.3) is 22.5 Å². The lowest BCUT2D eigenvalue weighted by atomic mass is 10.1. The molecule has 2 aromatic carbocycles. The maximum absolute atomic E-state index is 10.8. The number of aromatic amines is 1. The number of non-ortho nitro benzene ring substituents is 2. The van der Waals surface area contributed by atoms with Crippen molar-refractivity contribution in [3.8, 4) is 22.5 Å². The highest BCUT2D eigenvalue weighted by Gasteiger charge is 2.11. The molecular weight excluding hydrogens is 298 g/mol. The van der Waals surface area contributed by atoms with Crippen LogP contribution in [0.15, 0.2) is 60.7 Å². The number of nitrogens with one attached hydrogen (secondary N) is 1. The summed E-state index contributed by atoms with van der Waals surface area (Å²) >= 11 is 0. The van der Waals surface area contributed by atoms with Crippen LogP contribution in [0.4, 0.5) is 11.4 Å². The van der Waals surface area contributed by atoms with Gasteiger partial charge in [-0.3, -0.25) is 20.2 Å². The van der Waals surface area contributed by atoms with Gasteiger partial charge in [-0.1, -0.05) is 24.3 Å². The summed E-state index contributed by atoms with van der Waals surface area (Å²) in [7, 11) is 0. The minimum atomic E-state index is -0.450. The topological polar surface area (TPSA) is 102 Å². The maximum atomic E-state index is 10.8. The first kappa shape index (κ1) is 14.5. The summed E-state index contributed by atoms with van der Waals surface area (Å²) in [6.45, 7) is 0. The molecule has 7 heteroatoms. The van der Waals surface area contributed by atoms with E-state index in [1.807, 2.05) is 0 Å². The number of nitro benzene ring substituents is 2. The number of aromatic nitrogens is 1. The molecule has 0 bridgehead atoms. The first-order valence-electron chi connectivity index (χ1n) is 6.73. The Kier molecular flexibility index (Phi) is 3.60. The molecule has 0 aliphatic rings. The first-order valence-corrected chi connectivity index (χ1v) is 6.73. The first-order chi connectivity index (χ1) is 11.0. The molecule has 0 aliphatic carbocycles. The molecule has 3 aromatic rings. The van der Waals surface area contributed by atoms with Crippen molar-refractivity contribution in [1.29, 1.82) is 0 Å². The van der Waals surface area contributed by atoms with Crippen LogP contribution in [0.2, 0.25) is 0 Å². The van der Waals surface area contributed by atoms with Crippen LogP contribution < -0.4 is 0 Å². The highest BCUT2D eigenvalue weighted by atomic mass is 16.6. The summed E-state index contributed by atoms with van der Waals surface area (Å²) in [5, 5.41) is 21.7. The number of rotatable bonds is 4. The van der Waals surface area contributed by atoms with E-state index in [0.717, 1.165) is 0 Å². The van der Waals surface area contributed by atoms with Gasteiger partial charge >= 0.3 is 0 Å². The van der Waals surface area contributed by atoms with Crippen LogP contribution in [0.5, 0.6) is 0 Å². The summed E-state index contributed by atoms with van der Waals surface area (Å²) in [6, 6.07) is 16.1. The molecule has 1 heterocycles. The number of nitro groups is 2. The van der Waals surface area contributed by atoms with Crippen LogP contribution in [0, 0.1) is 20.2 Å². The van der Waals surface area contributed by atoms with E-state index in [-0.39, 0.29) is 11.4 Å². The second kappa shape index (κ2) is 5.72. The van der Waals surface area contributed by atoms with Gasteiger partial charge in [0.2, 0.25) is 0 Å². The van der Waals surface area contributed by atoms with Crippen molar-refractivity contribution in [2.75, 3.05) is 0 Å². The number of benzene rings is 2. The third-order valence-corrected chi connectivity index (χ3v) is 3.42. The molecule has 0 amide bonds. The molecule has 0 saturated carbocycles. The van der Waals surface area contributed by atoms with E-state index in [0.29, 0.717) is 22.5 Å². The van der Waals surface area contributed by atoms with E-state index in [4.69, 9.17) is 0 Å². The van der Waals surface area contributed by atoms with Gasteiger partial charge in [-0.15, -0.1) is 0 Å². The monoisotopic (exact) mass is 309 g/mol. The minimum Gasteiger partial charge on any atom is -0.355 e. The van der Waals surface area contributed by atoms with E-state index in [1.165, 1.54) is 24.3 Å². The Morgan fingerprint density at radius 2 is 1.13 bits per heavy atom. The molecule has 23 heavy (non-hydrogen) atoms. The standard InChI is InChI=1S/C16H11N3O4/c20-18(21)13-5-1-3-11(9-13)15-7-8-16(17-15)12-4-2-6-14(10-12)19(22)23/h1-10,17H. The zero-order valence-electron chi connectivity index (χ0n) is 11.8. The van der Waals surface area contributed by atoms with Gasteiger partial charge in [0.15, 0.2) is 0 Å². The smallest absolute Gasteiger partial charge is 0.270 e. The van der Waals surface area contributed by atoms with E-state index in [1.54, 1.807) is 36.4 Å². The fourth-order valence-electron chi connectivity index (χ4n) is 2.31. The summed E-state index contributed by atoms with van der Waals surface area (Å²) < 4.78 is 0. The van der Waals surface area contributed by atoms with Gasteiger partial charge in [0, 0.05) is 46.8 Å². The minimum absolute atomic E-state index is 0.00833. The predicted molar refractivity (Wildman–Crippen MR) is 85.0 cm³/mol. The highest BCUT2D eigenvalue weighted by Crippen LogP contribution is 2.28. The Bertz CT molecular complexity index is 830. The molecule has 1 aromatic heterocycles. The lowest BCUT2D eigenvalue weighted by Crippen LogP contribution is -1.89. The van der Waals surface area contributed by atoms with Gasteiger partial charge < -0.3 is 4.98 Å². The van der Waals surface area contributed by atoms with Gasteiger partial charge in [0.25, 0.3) is 11.4 Å². The average molecular weight is 309 g/mol. The Labute approximate surface area is 130 Å². The Balaban J connectivity index is 1.97. The van der Waals surface area contributed by atoms with E-state index in [2.05, 4.69) is 4.98 Å². The Morgan fingerprint density at radius 1 is 0.696 bits per heavy atom. The highest BCUT2D eigenvalue weighted by molar-refractivity contribution is 5.70. The zero-order chi connectivity index (χ0) is 16.4. The molecule has 0 radical (unpaired) electrons. The summed E-state index contributed by atoms with van der Waals surface area (Å²) in [5.41, 5.74) is 2.78. The van der Waals surface area contributed by atoms with Crippen molar-refractivity contribution in [2.24, 2.45) is 0 Å². The van der Waals surface area contributed by atoms with Gasteiger partial charge in [-0.25, -0.2) is 0 Å². The zero-order valence-corrected chi connectivity index (χ0v) is 11.8. The average Bonchev–Trinajstić information content (AvgIpc) is 3.05. The van der Waals surface area contributed by atoms with Crippen molar-refractivity contribution >= 4 is 11.4 Å². The van der Waals surface area contributed by atoms with Crippen LogP contribution in [-0.2, 0) is 0 Å². The van der Waals surface area contributed by atoms with E-state index >= 15 is 0 Å². The third-order valence-electron chi connectivity index (χ3n) is 3.42. The molecule has 7 nitrogen and oxygen atoms in total. The fraction of sp³-hybridized carbons (Fsp3) is 0. The van der Waals surface area contributed by atoms with Crippen LogP contribution in [0.1, 0.15) is 0 Å². The van der Waals surface area contributed by atoms with Crippen molar-refractivity contribution in [2.45, 2.75) is 0 Å². The van der Waals surface area contributed by atoms with Crippen LogP contribution in [-0.4, -0.2) is 14.8 Å². The van der Waals surface area contributed by atoms with Crippen molar-refractivity contribution < 1.29 is 9.85 Å². The number of H-pyrrole nitrogens is 1. The molecule has 114 valence electrons. The van der Waals surface area contributed by atoms with Gasteiger partial charge in [0.1, 0.15) is 0 Å². The van der Waals surface area contributed by atoms with E-state index in [9.17, 15) is 20.2 Å². The lowest BCUT2D eigenvalue weighted by molar-refractivity contribution is -0.385. The number of nitrogens with zero attached hydrogens (tertiary/aromatic N) is 2. The van der Waals surface area contributed by atoms with Crippen molar-refractivity contribution in [1.82, 2.24) is 4.98 Å². The second-order valence-corrected chi connectivity index (χ2v) is 4.90. The maximum Gasteiger partial charge on any atom is 0.270 e. The number of hydrogen-bond acceptors (Lipinski definition) is 4. The molecule has 0 unspecified atom stereocenters.